The number of hydrogen-bond donors (Lipinski definition) is 2. The second-order valence-electron chi connectivity index (χ2n) is 4.69. The van der Waals surface area contributed by atoms with Gasteiger partial charge in [0.2, 0.25) is 0 Å². The Balaban J connectivity index is 2.74. The zero-order valence-corrected chi connectivity index (χ0v) is 11.0. The molecule has 0 radical (unpaired) electrons. The van der Waals surface area contributed by atoms with Crippen molar-refractivity contribution in [3.63, 3.8) is 0 Å². The molecular formula is C13H22N2O2. The predicted octanol–water partition coefficient (Wildman–Crippen LogP) is 1.69. The lowest BCUT2D eigenvalue weighted by molar-refractivity contribution is 0.0404. The van der Waals surface area contributed by atoms with Crippen molar-refractivity contribution in [2.75, 3.05) is 13.7 Å². The van der Waals surface area contributed by atoms with Gasteiger partial charge in [-0.2, -0.15) is 0 Å². The van der Waals surface area contributed by atoms with Crippen LogP contribution in [-0.2, 0) is 5.60 Å². The Morgan fingerprint density at radius 1 is 1.53 bits per heavy atom. The van der Waals surface area contributed by atoms with Crippen molar-refractivity contribution in [2.45, 2.75) is 38.8 Å². The molecule has 0 bridgehead atoms. The van der Waals surface area contributed by atoms with Crippen molar-refractivity contribution in [2.24, 2.45) is 0 Å². The molecule has 1 rings (SSSR count). The highest BCUT2D eigenvalue weighted by atomic mass is 16.5. The van der Waals surface area contributed by atoms with Gasteiger partial charge in [0.15, 0.2) is 0 Å². The molecule has 1 aromatic heterocycles. The highest BCUT2D eigenvalue weighted by molar-refractivity contribution is 5.31. The van der Waals surface area contributed by atoms with Gasteiger partial charge in [-0.3, -0.25) is 4.98 Å². The van der Waals surface area contributed by atoms with Crippen LogP contribution in [0.5, 0.6) is 5.75 Å². The SMILES string of the molecule is COc1cccnc1C(C)(O)CCNC(C)C. The number of nitrogens with one attached hydrogen (secondary N) is 1. The highest BCUT2D eigenvalue weighted by Crippen LogP contribution is 2.29. The molecular weight excluding hydrogens is 216 g/mol. The number of hydrogen-bond acceptors (Lipinski definition) is 4. The molecule has 4 nitrogen and oxygen atoms in total. The zero-order chi connectivity index (χ0) is 12.9. The standard InChI is InChI=1S/C13H22N2O2/c1-10(2)14-9-7-13(3,16)12-11(17-4)6-5-8-15-12/h5-6,8,10,14,16H,7,9H2,1-4H3. The van der Waals surface area contributed by atoms with E-state index in [1.807, 2.05) is 6.07 Å². The van der Waals surface area contributed by atoms with Crippen molar-refractivity contribution in [1.82, 2.24) is 10.3 Å². The fourth-order valence-corrected chi connectivity index (χ4v) is 1.68. The van der Waals surface area contributed by atoms with Crippen LogP contribution < -0.4 is 10.1 Å². The predicted molar refractivity (Wildman–Crippen MR) is 68.1 cm³/mol. The first-order valence-electron chi connectivity index (χ1n) is 5.92. The number of rotatable bonds is 6. The van der Waals surface area contributed by atoms with Crippen LogP contribution in [0.2, 0.25) is 0 Å². The summed E-state index contributed by atoms with van der Waals surface area (Å²) >= 11 is 0. The van der Waals surface area contributed by atoms with E-state index in [4.69, 9.17) is 4.74 Å². The number of nitrogens with zero attached hydrogens (tertiary/aromatic N) is 1. The molecule has 2 N–H and O–H groups in total. The van der Waals surface area contributed by atoms with Crippen molar-refractivity contribution >= 4 is 0 Å². The van der Waals surface area contributed by atoms with E-state index in [9.17, 15) is 5.11 Å². The lowest BCUT2D eigenvalue weighted by Crippen LogP contribution is -2.32. The Kier molecular flexibility index (Phi) is 4.90. The summed E-state index contributed by atoms with van der Waals surface area (Å²) in [6, 6.07) is 4.02. The van der Waals surface area contributed by atoms with Gasteiger partial charge in [0.1, 0.15) is 17.0 Å². The summed E-state index contributed by atoms with van der Waals surface area (Å²) in [6.07, 6.45) is 2.26. The molecule has 96 valence electrons. The quantitative estimate of drug-likeness (QED) is 0.792. The Hall–Kier alpha value is -1.13. The fourth-order valence-electron chi connectivity index (χ4n) is 1.68. The van der Waals surface area contributed by atoms with E-state index in [1.165, 1.54) is 0 Å². The normalized spacial score (nSPS) is 14.7. The van der Waals surface area contributed by atoms with E-state index < -0.39 is 5.60 Å². The van der Waals surface area contributed by atoms with Crippen LogP contribution >= 0.6 is 0 Å². The third kappa shape index (κ3) is 3.98. The van der Waals surface area contributed by atoms with Crippen LogP contribution in [0, 0.1) is 0 Å². The molecule has 0 fully saturated rings. The van der Waals surface area contributed by atoms with Gasteiger partial charge in [0, 0.05) is 12.2 Å². The molecule has 1 heterocycles. The summed E-state index contributed by atoms with van der Waals surface area (Å²) in [5.74, 6) is 0.627. The van der Waals surface area contributed by atoms with Crippen LogP contribution in [0.4, 0.5) is 0 Å². The van der Waals surface area contributed by atoms with E-state index >= 15 is 0 Å². The first-order valence-corrected chi connectivity index (χ1v) is 5.92. The lowest BCUT2D eigenvalue weighted by atomic mass is 9.96. The second-order valence-corrected chi connectivity index (χ2v) is 4.69. The summed E-state index contributed by atoms with van der Waals surface area (Å²) in [5.41, 5.74) is -0.387. The molecule has 1 atom stereocenters. The molecule has 0 aromatic carbocycles. The number of pyridine rings is 1. The first-order chi connectivity index (χ1) is 7.97. The maximum atomic E-state index is 10.4. The van der Waals surface area contributed by atoms with E-state index in [2.05, 4.69) is 24.1 Å². The van der Waals surface area contributed by atoms with Crippen molar-refractivity contribution in [3.8, 4) is 5.75 Å². The average Bonchev–Trinajstić information content (AvgIpc) is 2.28. The van der Waals surface area contributed by atoms with Gasteiger partial charge in [0.05, 0.1) is 7.11 Å². The maximum Gasteiger partial charge on any atom is 0.143 e. The van der Waals surface area contributed by atoms with E-state index in [0.717, 1.165) is 6.54 Å². The first kappa shape index (κ1) is 13.9. The molecule has 0 saturated heterocycles. The lowest BCUT2D eigenvalue weighted by Gasteiger charge is -2.25. The van der Waals surface area contributed by atoms with Crippen LogP contribution in [0.3, 0.4) is 0 Å². The van der Waals surface area contributed by atoms with Gasteiger partial charge < -0.3 is 15.2 Å². The van der Waals surface area contributed by atoms with Crippen molar-refractivity contribution in [3.05, 3.63) is 24.0 Å². The molecule has 17 heavy (non-hydrogen) atoms. The topological polar surface area (TPSA) is 54.4 Å². The highest BCUT2D eigenvalue weighted by Gasteiger charge is 2.27. The van der Waals surface area contributed by atoms with E-state index in [-0.39, 0.29) is 0 Å². The Morgan fingerprint density at radius 3 is 2.82 bits per heavy atom. The van der Waals surface area contributed by atoms with Crippen LogP contribution in [0.25, 0.3) is 0 Å². The maximum absolute atomic E-state index is 10.4. The molecule has 0 amide bonds. The summed E-state index contributed by atoms with van der Waals surface area (Å²) < 4.78 is 5.22. The molecule has 0 aliphatic carbocycles. The van der Waals surface area contributed by atoms with Gasteiger partial charge in [-0.15, -0.1) is 0 Å². The van der Waals surface area contributed by atoms with Crippen LogP contribution in [0.15, 0.2) is 18.3 Å². The molecule has 1 aromatic rings. The second kappa shape index (κ2) is 5.98. The number of aliphatic hydroxyl groups is 1. The van der Waals surface area contributed by atoms with Crippen LogP contribution in [0.1, 0.15) is 32.9 Å². The van der Waals surface area contributed by atoms with Gasteiger partial charge in [0.25, 0.3) is 0 Å². The average molecular weight is 238 g/mol. The molecule has 0 saturated carbocycles. The minimum Gasteiger partial charge on any atom is -0.495 e. The minimum atomic E-state index is -0.978. The molecule has 0 aliphatic heterocycles. The van der Waals surface area contributed by atoms with Gasteiger partial charge in [-0.25, -0.2) is 0 Å². The fraction of sp³-hybridized carbons (Fsp3) is 0.615. The molecule has 4 heteroatoms. The summed E-state index contributed by atoms with van der Waals surface area (Å²) in [4.78, 5) is 4.22. The largest absolute Gasteiger partial charge is 0.495 e. The summed E-state index contributed by atoms with van der Waals surface area (Å²) in [6.45, 7) is 6.66. The van der Waals surface area contributed by atoms with Gasteiger partial charge >= 0.3 is 0 Å². The Morgan fingerprint density at radius 2 is 2.24 bits per heavy atom. The number of methoxy groups -OCH3 is 1. The summed E-state index contributed by atoms with van der Waals surface area (Å²) in [5, 5.41) is 13.7. The molecule has 0 spiro atoms. The van der Waals surface area contributed by atoms with Gasteiger partial charge in [-0.05, 0) is 32.0 Å². The summed E-state index contributed by atoms with van der Waals surface area (Å²) in [7, 11) is 1.59. The van der Waals surface area contributed by atoms with Crippen molar-refractivity contribution < 1.29 is 9.84 Å². The Labute approximate surface area is 103 Å². The molecule has 1 unspecified atom stereocenters. The minimum absolute atomic E-state index is 0.413. The smallest absolute Gasteiger partial charge is 0.143 e. The third-order valence-corrected chi connectivity index (χ3v) is 2.67. The number of ether oxygens (including phenoxy) is 1. The van der Waals surface area contributed by atoms with Crippen molar-refractivity contribution in [1.29, 1.82) is 0 Å². The Bertz CT molecular complexity index is 351. The van der Waals surface area contributed by atoms with E-state index in [0.29, 0.717) is 23.9 Å². The third-order valence-electron chi connectivity index (χ3n) is 2.67. The van der Waals surface area contributed by atoms with Crippen LogP contribution in [-0.4, -0.2) is 29.8 Å². The zero-order valence-electron chi connectivity index (χ0n) is 11.0. The monoisotopic (exact) mass is 238 g/mol. The van der Waals surface area contributed by atoms with E-state index in [1.54, 1.807) is 26.3 Å². The number of aromatic nitrogens is 1. The molecule has 0 aliphatic rings. The van der Waals surface area contributed by atoms with Gasteiger partial charge in [-0.1, -0.05) is 13.8 Å².